The van der Waals surface area contributed by atoms with Crippen LogP contribution < -0.4 is 14.8 Å². The number of hydrogen-bond donors (Lipinski definition) is 1. The number of nitrogens with one attached hydrogen (secondary N) is 1. The predicted octanol–water partition coefficient (Wildman–Crippen LogP) is 2.24. The number of hydrogen-bond acceptors (Lipinski definition) is 4. The zero-order chi connectivity index (χ0) is 15.7. The fourth-order valence-electron chi connectivity index (χ4n) is 3.28. The molecular formula is C17H23NO4. The van der Waals surface area contributed by atoms with Crippen LogP contribution in [0.25, 0.3) is 0 Å². The van der Waals surface area contributed by atoms with E-state index in [1.165, 1.54) is 0 Å². The van der Waals surface area contributed by atoms with Crippen LogP contribution in [0.3, 0.4) is 0 Å². The highest BCUT2D eigenvalue weighted by Gasteiger charge is 2.32. The van der Waals surface area contributed by atoms with Gasteiger partial charge in [0.15, 0.2) is 0 Å². The van der Waals surface area contributed by atoms with Crippen molar-refractivity contribution in [1.29, 1.82) is 0 Å². The molecule has 22 heavy (non-hydrogen) atoms. The van der Waals surface area contributed by atoms with Crippen LogP contribution in [0.1, 0.15) is 38.2 Å². The van der Waals surface area contributed by atoms with E-state index >= 15 is 0 Å². The standard InChI is InChI=1S/C17H23NO4/c1-10-6-15(11(2)22-10)18-17(19)7-12-9-21-16-8-13(20-3)4-5-14(12)16/h4-5,8,10-12,15H,6-7,9H2,1-3H3,(H,18,19). The van der Waals surface area contributed by atoms with Crippen LogP contribution in [0.4, 0.5) is 0 Å². The van der Waals surface area contributed by atoms with Crippen molar-refractivity contribution in [2.24, 2.45) is 0 Å². The van der Waals surface area contributed by atoms with Gasteiger partial charge in [-0.25, -0.2) is 0 Å². The van der Waals surface area contributed by atoms with Gasteiger partial charge in [0.25, 0.3) is 0 Å². The van der Waals surface area contributed by atoms with Gasteiger partial charge in [-0.2, -0.15) is 0 Å². The first kappa shape index (κ1) is 15.2. The van der Waals surface area contributed by atoms with E-state index in [-0.39, 0.29) is 30.1 Å². The monoisotopic (exact) mass is 305 g/mol. The number of amides is 1. The number of carbonyl (C=O) groups excluding carboxylic acids is 1. The fraction of sp³-hybridized carbons (Fsp3) is 0.588. The van der Waals surface area contributed by atoms with Gasteiger partial charge in [-0.15, -0.1) is 0 Å². The molecule has 5 heteroatoms. The van der Waals surface area contributed by atoms with Crippen molar-refractivity contribution in [3.8, 4) is 11.5 Å². The molecule has 1 N–H and O–H groups in total. The predicted molar refractivity (Wildman–Crippen MR) is 82.4 cm³/mol. The maximum Gasteiger partial charge on any atom is 0.221 e. The van der Waals surface area contributed by atoms with Crippen molar-refractivity contribution in [3.05, 3.63) is 23.8 Å². The van der Waals surface area contributed by atoms with Gasteiger partial charge in [0.1, 0.15) is 11.5 Å². The lowest BCUT2D eigenvalue weighted by Crippen LogP contribution is -2.39. The Balaban J connectivity index is 1.60. The van der Waals surface area contributed by atoms with Crippen LogP contribution in [-0.4, -0.2) is 37.9 Å². The molecule has 5 nitrogen and oxygen atoms in total. The molecule has 0 aromatic heterocycles. The molecule has 1 aromatic rings. The third-order valence-corrected chi connectivity index (χ3v) is 4.48. The first-order valence-electron chi connectivity index (χ1n) is 7.82. The number of rotatable bonds is 4. The minimum atomic E-state index is 0.0619. The molecule has 1 amide bonds. The van der Waals surface area contributed by atoms with Gasteiger partial charge in [0, 0.05) is 24.0 Å². The maximum absolute atomic E-state index is 12.3. The highest BCUT2D eigenvalue weighted by molar-refractivity contribution is 5.77. The molecule has 120 valence electrons. The molecule has 1 aromatic carbocycles. The number of benzene rings is 1. The normalized spacial score (nSPS) is 29.8. The topological polar surface area (TPSA) is 56.8 Å². The third-order valence-electron chi connectivity index (χ3n) is 4.48. The molecule has 3 rings (SSSR count). The smallest absolute Gasteiger partial charge is 0.221 e. The van der Waals surface area contributed by atoms with Crippen LogP contribution in [0, 0.1) is 0 Å². The number of ether oxygens (including phenoxy) is 3. The van der Waals surface area contributed by atoms with E-state index in [4.69, 9.17) is 14.2 Å². The summed E-state index contributed by atoms with van der Waals surface area (Å²) >= 11 is 0. The number of fused-ring (bicyclic) bond motifs is 1. The van der Waals surface area contributed by atoms with Gasteiger partial charge in [-0.3, -0.25) is 4.79 Å². The Bertz CT molecular complexity index is 560. The highest BCUT2D eigenvalue weighted by atomic mass is 16.5. The molecule has 2 aliphatic heterocycles. The molecular weight excluding hydrogens is 282 g/mol. The van der Waals surface area contributed by atoms with Gasteiger partial charge in [-0.1, -0.05) is 6.07 Å². The van der Waals surface area contributed by atoms with E-state index < -0.39 is 0 Å². The zero-order valence-electron chi connectivity index (χ0n) is 13.3. The Kier molecular flexibility index (Phi) is 4.25. The summed E-state index contributed by atoms with van der Waals surface area (Å²) in [5.74, 6) is 1.76. The van der Waals surface area contributed by atoms with Gasteiger partial charge in [0.05, 0.1) is 32.0 Å². The summed E-state index contributed by atoms with van der Waals surface area (Å²) in [6.07, 6.45) is 1.61. The summed E-state index contributed by atoms with van der Waals surface area (Å²) in [6, 6.07) is 5.89. The Morgan fingerprint density at radius 2 is 2.23 bits per heavy atom. The Morgan fingerprint density at radius 1 is 1.41 bits per heavy atom. The second kappa shape index (κ2) is 6.16. The first-order chi connectivity index (χ1) is 10.6. The van der Waals surface area contributed by atoms with Crippen LogP contribution in [-0.2, 0) is 9.53 Å². The fourth-order valence-corrected chi connectivity index (χ4v) is 3.28. The van der Waals surface area contributed by atoms with Crippen molar-refractivity contribution < 1.29 is 19.0 Å². The largest absolute Gasteiger partial charge is 0.497 e. The maximum atomic E-state index is 12.3. The molecule has 0 aliphatic carbocycles. The van der Waals surface area contributed by atoms with Gasteiger partial charge >= 0.3 is 0 Å². The molecule has 0 spiro atoms. The molecule has 0 bridgehead atoms. The molecule has 1 saturated heterocycles. The van der Waals surface area contributed by atoms with E-state index in [0.29, 0.717) is 13.0 Å². The lowest BCUT2D eigenvalue weighted by Gasteiger charge is -2.17. The lowest BCUT2D eigenvalue weighted by molar-refractivity contribution is -0.122. The van der Waals surface area contributed by atoms with E-state index in [2.05, 4.69) is 5.32 Å². The summed E-state index contributed by atoms with van der Waals surface area (Å²) in [5, 5.41) is 3.10. The van der Waals surface area contributed by atoms with E-state index in [0.717, 1.165) is 23.5 Å². The third kappa shape index (κ3) is 3.04. The van der Waals surface area contributed by atoms with Gasteiger partial charge in [-0.05, 0) is 26.3 Å². The minimum Gasteiger partial charge on any atom is -0.497 e. The quantitative estimate of drug-likeness (QED) is 0.927. The van der Waals surface area contributed by atoms with Crippen LogP contribution in [0.2, 0.25) is 0 Å². The summed E-state index contributed by atoms with van der Waals surface area (Å²) in [5.41, 5.74) is 1.08. The summed E-state index contributed by atoms with van der Waals surface area (Å²) < 4.78 is 16.5. The molecule has 0 saturated carbocycles. The van der Waals surface area contributed by atoms with Gasteiger partial charge < -0.3 is 19.5 Å². The summed E-state index contributed by atoms with van der Waals surface area (Å²) in [7, 11) is 1.63. The van der Waals surface area contributed by atoms with E-state index in [9.17, 15) is 4.79 Å². The molecule has 2 aliphatic rings. The Labute approximate surface area is 130 Å². The van der Waals surface area contributed by atoms with Crippen molar-refractivity contribution in [2.45, 2.75) is 50.9 Å². The number of carbonyl (C=O) groups is 1. The summed E-state index contributed by atoms with van der Waals surface area (Å²) in [4.78, 5) is 12.3. The summed E-state index contributed by atoms with van der Waals surface area (Å²) in [6.45, 7) is 4.59. The molecule has 1 fully saturated rings. The Hall–Kier alpha value is -1.75. The molecule has 2 heterocycles. The van der Waals surface area contributed by atoms with Crippen molar-refractivity contribution in [2.75, 3.05) is 13.7 Å². The van der Waals surface area contributed by atoms with E-state index in [1.807, 2.05) is 32.0 Å². The minimum absolute atomic E-state index is 0.0619. The molecule has 0 radical (unpaired) electrons. The molecule has 4 atom stereocenters. The van der Waals surface area contributed by atoms with Gasteiger partial charge in [0.2, 0.25) is 5.91 Å². The van der Waals surface area contributed by atoms with E-state index in [1.54, 1.807) is 7.11 Å². The average molecular weight is 305 g/mol. The van der Waals surface area contributed by atoms with Crippen LogP contribution in [0.15, 0.2) is 18.2 Å². The number of methoxy groups -OCH3 is 1. The highest BCUT2D eigenvalue weighted by Crippen LogP contribution is 2.38. The van der Waals surface area contributed by atoms with Crippen molar-refractivity contribution in [3.63, 3.8) is 0 Å². The molecule has 4 unspecified atom stereocenters. The Morgan fingerprint density at radius 3 is 2.91 bits per heavy atom. The van der Waals surface area contributed by atoms with Crippen LogP contribution >= 0.6 is 0 Å². The zero-order valence-corrected chi connectivity index (χ0v) is 13.3. The van der Waals surface area contributed by atoms with Crippen molar-refractivity contribution >= 4 is 5.91 Å². The second-order valence-corrected chi connectivity index (χ2v) is 6.18. The average Bonchev–Trinajstić information content (AvgIpc) is 3.02. The SMILES string of the molecule is COc1ccc2c(c1)OCC2CC(=O)NC1CC(C)OC1C. The van der Waals surface area contributed by atoms with Crippen molar-refractivity contribution in [1.82, 2.24) is 5.32 Å². The van der Waals surface area contributed by atoms with Crippen LogP contribution in [0.5, 0.6) is 11.5 Å². The second-order valence-electron chi connectivity index (χ2n) is 6.18. The first-order valence-corrected chi connectivity index (χ1v) is 7.82. The lowest BCUT2D eigenvalue weighted by atomic mass is 9.97.